The summed E-state index contributed by atoms with van der Waals surface area (Å²) < 4.78 is 1.79. The zero-order valence-electron chi connectivity index (χ0n) is 12.7. The summed E-state index contributed by atoms with van der Waals surface area (Å²) in [4.78, 5) is 4.48. The van der Waals surface area contributed by atoms with E-state index < -0.39 is 0 Å². The van der Waals surface area contributed by atoms with Crippen LogP contribution in [0.1, 0.15) is 17.5 Å². The largest absolute Gasteiger partial charge is 0.494 e. The molecule has 0 spiro atoms. The van der Waals surface area contributed by atoms with Crippen molar-refractivity contribution >= 4 is 17.1 Å². The van der Waals surface area contributed by atoms with E-state index in [1.165, 1.54) is 5.56 Å². The van der Waals surface area contributed by atoms with Gasteiger partial charge < -0.3 is 9.67 Å². The van der Waals surface area contributed by atoms with Crippen LogP contribution < -0.4 is 0 Å². The Labute approximate surface area is 130 Å². The van der Waals surface area contributed by atoms with E-state index in [-0.39, 0.29) is 5.88 Å². The number of fused-ring (bicyclic) bond motifs is 1. The van der Waals surface area contributed by atoms with Gasteiger partial charge in [0, 0.05) is 25.2 Å². The topological polar surface area (TPSA) is 37.5 Å². The van der Waals surface area contributed by atoms with Gasteiger partial charge in [0.25, 0.3) is 0 Å². The maximum atomic E-state index is 10.2. The van der Waals surface area contributed by atoms with Crippen molar-refractivity contribution in [3.8, 4) is 5.88 Å². The highest BCUT2D eigenvalue weighted by atomic mass is 16.3. The lowest BCUT2D eigenvalue weighted by Gasteiger charge is -1.98. The van der Waals surface area contributed by atoms with Gasteiger partial charge in [-0.2, -0.15) is 0 Å². The summed E-state index contributed by atoms with van der Waals surface area (Å²) in [6, 6.07) is 18.4. The highest BCUT2D eigenvalue weighted by molar-refractivity contribution is 6.02. The summed E-state index contributed by atoms with van der Waals surface area (Å²) in [6.07, 6.45) is 3.83. The molecule has 0 unspecified atom stereocenters. The molecule has 0 bridgehead atoms. The Morgan fingerprint density at radius 3 is 2.59 bits per heavy atom. The lowest BCUT2D eigenvalue weighted by molar-refractivity contribution is 0.434. The fraction of sp³-hybridized carbons (Fsp3) is 0.211. The summed E-state index contributed by atoms with van der Waals surface area (Å²) in [5.74, 6) is 0.271. The summed E-state index contributed by atoms with van der Waals surface area (Å²) in [5.41, 5.74) is 3.16. The van der Waals surface area contributed by atoms with Gasteiger partial charge in [0.15, 0.2) is 0 Å². The molecule has 3 nitrogen and oxygen atoms in total. The minimum atomic E-state index is 0.271. The van der Waals surface area contributed by atoms with E-state index in [2.05, 4.69) is 29.3 Å². The first-order valence-electron chi connectivity index (χ1n) is 7.57. The van der Waals surface area contributed by atoms with E-state index in [9.17, 15) is 5.11 Å². The van der Waals surface area contributed by atoms with Crippen molar-refractivity contribution in [3.63, 3.8) is 0 Å². The minimum Gasteiger partial charge on any atom is -0.494 e. The SMILES string of the molecule is Cn1c(O)c(C=NCCCc2ccccc2)c2ccccc21. The zero-order valence-corrected chi connectivity index (χ0v) is 12.7. The van der Waals surface area contributed by atoms with E-state index >= 15 is 0 Å². The van der Waals surface area contributed by atoms with E-state index in [1.54, 1.807) is 10.8 Å². The highest BCUT2D eigenvalue weighted by Gasteiger charge is 2.11. The van der Waals surface area contributed by atoms with Crippen molar-refractivity contribution in [1.82, 2.24) is 4.57 Å². The normalized spacial score (nSPS) is 11.5. The van der Waals surface area contributed by atoms with Gasteiger partial charge in [-0.05, 0) is 24.5 Å². The third kappa shape index (κ3) is 2.89. The Morgan fingerprint density at radius 2 is 1.77 bits per heavy atom. The molecule has 3 rings (SSSR count). The quantitative estimate of drug-likeness (QED) is 0.561. The summed E-state index contributed by atoms with van der Waals surface area (Å²) in [6.45, 7) is 0.761. The number of nitrogens with zero attached hydrogens (tertiary/aromatic N) is 2. The molecule has 0 radical (unpaired) electrons. The van der Waals surface area contributed by atoms with Crippen molar-refractivity contribution in [2.45, 2.75) is 12.8 Å². The van der Waals surface area contributed by atoms with Crippen LogP contribution in [0.5, 0.6) is 5.88 Å². The molecule has 0 atom stereocenters. The van der Waals surface area contributed by atoms with Crippen LogP contribution in [-0.4, -0.2) is 22.4 Å². The number of para-hydroxylation sites is 1. The second-order valence-corrected chi connectivity index (χ2v) is 5.44. The predicted molar refractivity (Wildman–Crippen MR) is 91.8 cm³/mol. The van der Waals surface area contributed by atoms with Gasteiger partial charge in [-0.15, -0.1) is 0 Å². The number of rotatable bonds is 5. The Hall–Kier alpha value is -2.55. The van der Waals surface area contributed by atoms with Gasteiger partial charge in [0.2, 0.25) is 5.88 Å². The number of aromatic hydroxyl groups is 1. The van der Waals surface area contributed by atoms with Gasteiger partial charge in [-0.1, -0.05) is 48.5 Å². The standard InChI is InChI=1S/C19H20N2O/c1-21-18-12-6-5-11-16(18)17(19(21)22)14-20-13-7-10-15-8-3-2-4-9-15/h2-6,8-9,11-12,14,22H,7,10,13H2,1H3. The van der Waals surface area contributed by atoms with Crippen molar-refractivity contribution in [2.75, 3.05) is 6.54 Å². The van der Waals surface area contributed by atoms with Gasteiger partial charge in [-0.3, -0.25) is 4.99 Å². The summed E-state index contributed by atoms with van der Waals surface area (Å²) in [5, 5.41) is 11.3. The monoisotopic (exact) mass is 292 g/mol. The van der Waals surface area contributed by atoms with Gasteiger partial charge >= 0.3 is 0 Å². The highest BCUT2D eigenvalue weighted by Crippen LogP contribution is 2.28. The van der Waals surface area contributed by atoms with Crippen molar-refractivity contribution in [1.29, 1.82) is 0 Å². The Kier molecular flexibility index (Phi) is 4.24. The van der Waals surface area contributed by atoms with E-state index in [0.29, 0.717) is 0 Å². The first-order chi connectivity index (χ1) is 10.8. The van der Waals surface area contributed by atoms with Crippen molar-refractivity contribution < 1.29 is 5.11 Å². The van der Waals surface area contributed by atoms with Crippen molar-refractivity contribution in [3.05, 3.63) is 65.7 Å². The molecule has 1 heterocycles. The number of benzene rings is 2. The number of hydrogen-bond acceptors (Lipinski definition) is 2. The molecular weight excluding hydrogens is 272 g/mol. The fourth-order valence-corrected chi connectivity index (χ4v) is 2.71. The number of aromatic nitrogens is 1. The molecule has 22 heavy (non-hydrogen) atoms. The summed E-state index contributed by atoms with van der Waals surface area (Å²) >= 11 is 0. The van der Waals surface area contributed by atoms with E-state index in [0.717, 1.165) is 35.9 Å². The molecule has 0 aliphatic heterocycles. The maximum absolute atomic E-state index is 10.2. The lowest BCUT2D eigenvalue weighted by Crippen LogP contribution is -1.90. The van der Waals surface area contributed by atoms with E-state index in [1.807, 2.05) is 37.4 Å². The van der Waals surface area contributed by atoms with Gasteiger partial charge in [0.05, 0.1) is 11.1 Å². The molecule has 2 aromatic carbocycles. The molecule has 3 aromatic rings. The predicted octanol–water partition coefficient (Wildman–Crippen LogP) is 3.94. The second kappa shape index (κ2) is 6.48. The molecule has 0 amide bonds. The van der Waals surface area contributed by atoms with Crippen molar-refractivity contribution in [2.24, 2.45) is 12.0 Å². The molecule has 0 saturated carbocycles. The average molecular weight is 292 g/mol. The zero-order chi connectivity index (χ0) is 15.4. The van der Waals surface area contributed by atoms with E-state index in [4.69, 9.17) is 0 Å². The molecule has 3 heteroatoms. The minimum absolute atomic E-state index is 0.271. The van der Waals surface area contributed by atoms with Crippen LogP contribution in [0.4, 0.5) is 0 Å². The first kappa shape index (κ1) is 14.4. The second-order valence-electron chi connectivity index (χ2n) is 5.44. The fourth-order valence-electron chi connectivity index (χ4n) is 2.71. The van der Waals surface area contributed by atoms with Crippen LogP contribution in [0.25, 0.3) is 10.9 Å². The van der Waals surface area contributed by atoms with Crippen LogP contribution in [0.3, 0.4) is 0 Å². The smallest absolute Gasteiger partial charge is 0.200 e. The molecule has 1 aromatic heterocycles. The Bertz CT molecular complexity index is 788. The van der Waals surface area contributed by atoms with Crippen LogP contribution >= 0.6 is 0 Å². The Balaban J connectivity index is 1.67. The summed E-state index contributed by atoms with van der Waals surface area (Å²) in [7, 11) is 1.87. The molecule has 0 saturated heterocycles. The third-order valence-electron chi connectivity index (χ3n) is 3.93. The molecule has 1 N–H and O–H groups in total. The van der Waals surface area contributed by atoms with Crippen LogP contribution in [0, 0.1) is 0 Å². The molecule has 0 fully saturated rings. The number of aliphatic imine (C=N–C) groups is 1. The number of hydrogen-bond donors (Lipinski definition) is 1. The van der Waals surface area contributed by atoms with Crippen LogP contribution in [-0.2, 0) is 13.5 Å². The Morgan fingerprint density at radius 1 is 1.05 bits per heavy atom. The third-order valence-corrected chi connectivity index (χ3v) is 3.93. The van der Waals surface area contributed by atoms with Gasteiger partial charge in [-0.25, -0.2) is 0 Å². The molecule has 0 aliphatic carbocycles. The van der Waals surface area contributed by atoms with Gasteiger partial charge in [0.1, 0.15) is 0 Å². The first-order valence-corrected chi connectivity index (χ1v) is 7.57. The lowest BCUT2D eigenvalue weighted by atomic mass is 10.1. The molecule has 0 aliphatic rings. The number of aryl methyl sites for hydroxylation is 2. The average Bonchev–Trinajstić information content (AvgIpc) is 2.81. The molecular formula is C19H20N2O. The van der Waals surface area contributed by atoms with Crippen LogP contribution in [0.2, 0.25) is 0 Å². The molecule has 112 valence electrons. The maximum Gasteiger partial charge on any atom is 0.200 e. The van der Waals surface area contributed by atoms with Crippen LogP contribution in [0.15, 0.2) is 59.6 Å².